The summed E-state index contributed by atoms with van der Waals surface area (Å²) in [5.41, 5.74) is 1.49. The van der Waals surface area contributed by atoms with Gasteiger partial charge in [0.2, 0.25) is 0 Å². The van der Waals surface area contributed by atoms with Gasteiger partial charge in [0, 0.05) is 11.6 Å². The van der Waals surface area contributed by atoms with Crippen molar-refractivity contribution in [2.75, 3.05) is 0 Å². The largest absolute Gasteiger partial charge is 0.508 e. The highest BCUT2D eigenvalue weighted by molar-refractivity contribution is 5.85. The van der Waals surface area contributed by atoms with E-state index in [1.165, 1.54) is 6.08 Å². The number of phenols is 1. The van der Waals surface area contributed by atoms with Gasteiger partial charge in [-0.05, 0) is 35.6 Å². The molecular formula is C14H18O3. The van der Waals surface area contributed by atoms with Crippen molar-refractivity contribution in [3.05, 3.63) is 35.4 Å². The SMILES string of the molecule is CCC(C)(C)c1cc(C=CC(=O)O)ccc1O. The van der Waals surface area contributed by atoms with E-state index in [1.54, 1.807) is 12.1 Å². The monoisotopic (exact) mass is 234 g/mol. The Hall–Kier alpha value is -1.77. The predicted octanol–water partition coefficient (Wildman–Crippen LogP) is 3.18. The van der Waals surface area contributed by atoms with E-state index in [2.05, 4.69) is 6.92 Å². The molecule has 0 radical (unpaired) electrons. The van der Waals surface area contributed by atoms with E-state index in [0.717, 1.165) is 23.6 Å². The minimum absolute atomic E-state index is 0.128. The van der Waals surface area contributed by atoms with Gasteiger partial charge in [-0.1, -0.05) is 26.8 Å². The quantitative estimate of drug-likeness (QED) is 0.787. The fourth-order valence-corrected chi connectivity index (χ4v) is 1.56. The maximum absolute atomic E-state index is 10.4. The van der Waals surface area contributed by atoms with Crippen LogP contribution in [0.3, 0.4) is 0 Å². The lowest BCUT2D eigenvalue weighted by Gasteiger charge is -2.24. The Morgan fingerprint density at radius 3 is 2.59 bits per heavy atom. The summed E-state index contributed by atoms with van der Waals surface area (Å²) in [6.07, 6.45) is 3.51. The smallest absolute Gasteiger partial charge is 0.328 e. The minimum atomic E-state index is -0.977. The Kier molecular flexibility index (Phi) is 3.94. The van der Waals surface area contributed by atoms with Gasteiger partial charge in [-0.25, -0.2) is 4.79 Å². The normalized spacial score (nSPS) is 11.9. The Morgan fingerprint density at radius 2 is 2.06 bits per heavy atom. The number of phenolic OH excluding ortho intramolecular Hbond substituents is 1. The van der Waals surface area contributed by atoms with Crippen molar-refractivity contribution in [3.8, 4) is 5.75 Å². The zero-order valence-corrected chi connectivity index (χ0v) is 10.4. The maximum Gasteiger partial charge on any atom is 0.328 e. The minimum Gasteiger partial charge on any atom is -0.508 e. The molecule has 17 heavy (non-hydrogen) atoms. The van der Waals surface area contributed by atoms with E-state index in [1.807, 2.05) is 19.9 Å². The molecule has 3 heteroatoms. The second-order valence-electron chi connectivity index (χ2n) is 4.69. The molecule has 0 aliphatic rings. The molecule has 0 amide bonds. The van der Waals surface area contributed by atoms with Crippen LogP contribution in [0.25, 0.3) is 6.08 Å². The number of benzene rings is 1. The first-order chi connectivity index (χ1) is 7.86. The molecule has 0 aromatic heterocycles. The molecule has 0 aliphatic carbocycles. The lowest BCUT2D eigenvalue weighted by molar-refractivity contribution is -0.131. The van der Waals surface area contributed by atoms with E-state index >= 15 is 0 Å². The van der Waals surface area contributed by atoms with Crippen molar-refractivity contribution in [3.63, 3.8) is 0 Å². The molecule has 0 fully saturated rings. The van der Waals surface area contributed by atoms with Crippen LogP contribution in [0.2, 0.25) is 0 Å². The summed E-state index contributed by atoms with van der Waals surface area (Å²) >= 11 is 0. The van der Waals surface area contributed by atoms with Crippen LogP contribution in [0.1, 0.15) is 38.3 Å². The van der Waals surface area contributed by atoms with Gasteiger partial charge in [0.15, 0.2) is 0 Å². The first-order valence-electron chi connectivity index (χ1n) is 5.61. The highest BCUT2D eigenvalue weighted by Crippen LogP contribution is 2.34. The van der Waals surface area contributed by atoms with Crippen LogP contribution in [0.4, 0.5) is 0 Å². The summed E-state index contributed by atoms with van der Waals surface area (Å²) in [7, 11) is 0. The molecule has 1 rings (SSSR count). The number of aromatic hydroxyl groups is 1. The number of rotatable bonds is 4. The third-order valence-electron chi connectivity index (χ3n) is 3.05. The van der Waals surface area contributed by atoms with Crippen LogP contribution in [0.15, 0.2) is 24.3 Å². The molecule has 0 saturated heterocycles. The molecule has 3 nitrogen and oxygen atoms in total. The van der Waals surface area contributed by atoms with Gasteiger partial charge in [0.05, 0.1) is 0 Å². The zero-order chi connectivity index (χ0) is 13.1. The van der Waals surface area contributed by atoms with E-state index in [0.29, 0.717) is 0 Å². The van der Waals surface area contributed by atoms with Crippen molar-refractivity contribution in [1.82, 2.24) is 0 Å². The molecule has 2 N–H and O–H groups in total. The van der Waals surface area contributed by atoms with Crippen molar-refractivity contribution < 1.29 is 15.0 Å². The Bertz CT molecular complexity index is 445. The van der Waals surface area contributed by atoms with Gasteiger partial charge < -0.3 is 10.2 Å². The van der Waals surface area contributed by atoms with Crippen LogP contribution in [-0.4, -0.2) is 16.2 Å². The Morgan fingerprint density at radius 1 is 1.41 bits per heavy atom. The standard InChI is InChI=1S/C14H18O3/c1-4-14(2,3)11-9-10(5-7-12(11)15)6-8-13(16)17/h5-9,15H,4H2,1-3H3,(H,16,17). The first-order valence-corrected chi connectivity index (χ1v) is 5.61. The van der Waals surface area contributed by atoms with Crippen LogP contribution < -0.4 is 0 Å². The summed E-state index contributed by atoms with van der Waals surface area (Å²) in [5, 5.41) is 18.4. The molecule has 0 bridgehead atoms. The zero-order valence-electron chi connectivity index (χ0n) is 10.4. The number of carbonyl (C=O) groups is 1. The summed E-state index contributed by atoms with van der Waals surface area (Å²) in [6.45, 7) is 6.15. The van der Waals surface area contributed by atoms with Crippen LogP contribution >= 0.6 is 0 Å². The Balaban J connectivity index is 3.15. The number of hydrogen-bond donors (Lipinski definition) is 2. The van der Waals surface area contributed by atoms with Crippen molar-refractivity contribution in [1.29, 1.82) is 0 Å². The van der Waals surface area contributed by atoms with E-state index in [9.17, 15) is 9.90 Å². The van der Waals surface area contributed by atoms with Crippen LogP contribution in [0, 0.1) is 0 Å². The van der Waals surface area contributed by atoms with Gasteiger partial charge in [0.25, 0.3) is 0 Å². The van der Waals surface area contributed by atoms with Crippen LogP contribution in [-0.2, 0) is 10.2 Å². The van der Waals surface area contributed by atoms with Crippen LogP contribution in [0.5, 0.6) is 5.75 Å². The maximum atomic E-state index is 10.4. The second-order valence-corrected chi connectivity index (χ2v) is 4.69. The highest BCUT2D eigenvalue weighted by Gasteiger charge is 2.21. The molecule has 0 heterocycles. The molecule has 0 aliphatic heterocycles. The number of hydrogen-bond acceptors (Lipinski definition) is 2. The molecule has 0 saturated carbocycles. The summed E-state index contributed by atoms with van der Waals surface area (Å²) in [6, 6.07) is 5.14. The fraction of sp³-hybridized carbons (Fsp3) is 0.357. The first kappa shape index (κ1) is 13.3. The van der Waals surface area contributed by atoms with Gasteiger partial charge in [0.1, 0.15) is 5.75 Å². The predicted molar refractivity (Wildman–Crippen MR) is 68.1 cm³/mol. The molecule has 0 atom stereocenters. The topological polar surface area (TPSA) is 57.5 Å². The fourth-order valence-electron chi connectivity index (χ4n) is 1.56. The summed E-state index contributed by atoms with van der Waals surface area (Å²) < 4.78 is 0. The molecule has 0 spiro atoms. The van der Waals surface area contributed by atoms with Gasteiger partial charge in [-0.15, -0.1) is 0 Å². The third-order valence-corrected chi connectivity index (χ3v) is 3.05. The highest BCUT2D eigenvalue weighted by atomic mass is 16.4. The molecule has 1 aromatic rings. The molecule has 0 unspecified atom stereocenters. The average Bonchev–Trinajstić information content (AvgIpc) is 2.27. The van der Waals surface area contributed by atoms with Gasteiger partial charge >= 0.3 is 5.97 Å². The van der Waals surface area contributed by atoms with Crippen molar-refractivity contribution >= 4 is 12.0 Å². The lowest BCUT2D eigenvalue weighted by Crippen LogP contribution is -2.15. The van der Waals surface area contributed by atoms with E-state index in [-0.39, 0.29) is 11.2 Å². The van der Waals surface area contributed by atoms with Crippen molar-refractivity contribution in [2.45, 2.75) is 32.6 Å². The number of carboxylic acid groups (broad SMARTS) is 1. The lowest BCUT2D eigenvalue weighted by atomic mass is 9.81. The van der Waals surface area contributed by atoms with Gasteiger partial charge in [-0.2, -0.15) is 0 Å². The molecule has 1 aromatic carbocycles. The van der Waals surface area contributed by atoms with E-state index in [4.69, 9.17) is 5.11 Å². The molecular weight excluding hydrogens is 216 g/mol. The summed E-state index contributed by atoms with van der Waals surface area (Å²) in [5.74, 6) is -0.723. The second kappa shape index (κ2) is 5.04. The Labute approximate surface area is 101 Å². The van der Waals surface area contributed by atoms with E-state index < -0.39 is 5.97 Å². The third kappa shape index (κ3) is 3.34. The molecule has 92 valence electrons. The summed E-state index contributed by atoms with van der Waals surface area (Å²) in [4.78, 5) is 10.4. The van der Waals surface area contributed by atoms with Gasteiger partial charge in [-0.3, -0.25) is 0 Å². The number of aliphatic carboxylic acids is 1. The van der Waals surface area contributed by atoms with Crippen molar-refractivity contribution in [2.24, 2.45) is 0 Å². The number of carboxylic acids is 1. The average molecular weight is 234 g/mol.